The second kappa shape index (κ2) is 5.58. The predicted molar refractivity (Wildman–Crippen MR) is 86.2 cm³/mol. The molecule has 2 aromatic carbocycles. The summed E-state index contributed by atoms with van der Waals surface area (Å²) >= 11 is 2.13. The van der Waals surface area contributed by atoms with Crippen LogP contribution in [0.15, 0.2) is 41.3 Å². The van der Waals surface area contributed by atoms with Crippen molar-refractivity contribution in [3.05, 3.63) is 45.5 Å². The maximum atomic E-state index is 11.5. The van der Waals surface area contributed by atoms with Gasteiger partial charge >= 0.3 is 0 Å². The first-order valence-electron chi connectivity index (χ1n) is 5.64. The summed E-state index contributed by atoms with van der Waals surface area (Å²) in [6.07, 6.45) is 0. The van der Waals surface area contributed by atoms with Gasteiger partial charge in [0.15, 0.2) is 0 Å². The zero-order chi connectivity index (χ0) is 14.9. The Morgan fingerprint density at radius 3 is 2.40 bits per heavy atom. The van der Waals surface area contributed by atoms with Crippen LogP contribution >= 0.6 is 22.6 Å². The molecule has 0 saturated carbocycles. The zero-order valence-corrected chi connectivity index (χ0v) is 13.6. The van der Waals surface area contributed by atoms with Gasteiger partial charge in [-0.15, -0.1) is 0 Å². The van der Waals surface area contributed by atoms with Crippen molar-refractivity contribution in [1.29, 1.82) is 0 Å². The average molecular weight is 404 g/mol. The smallest absolute Gasteiger partial charge is 0.238 e. The second-order valence-corrected chi connectivity index (χ2v) is 6.91. The van der Waals surface area contributed by atoms with Crippen molar-refractivity contribution in [3.63, 3.8) is 0 Å². The summed E-state index contributed by atoms with van der Waals surface area (Å²) in [5.74, 6) is 1.00. The zero-order valence-electron chi connectivity index (χ0n) is 10.6. The van der Waals surface area contributed by atoms with E-state index in [4.69, 9.17) is 15.6 Å². The first-order valence-corrected chi connectivity index (χ1v) is 8.27. The Morgan fingerprint density at radius 1 is 1.15 bits per heavy atom. The maximum Gasteiger partial charge on any atom is 0.238 e. The number of sulfonamides is 1. The minimum absolute atomic E-state index is 0.0292. The number of primary sulfonamides is 1. The molecular weight excluding hydrogens is 391 g/mol. The molecule has 0 aromatic heterocycles. The van der Waals surface area contributed by atoms with Crippen LogP contribution in [0, 0.1) is 10.5 Å². The van der Waals surface area contributed by atoms with Crippen LogP contribution in [0.25, 0.3) is 0 Å². The van der Waals surface area contributed by atoms with Crippen molar-refractivity contribution in [2.24, 2.45) is 5.14 Å². The highest BCUT2D eigenvalue weighted by molar-refractivity contribution is 14.1. The van der Waals surface area contributed by atoms with E-state index in [1.54, 1.807) is 19.1 Å². The molecule has 2 aromatic rings. The number of hydrogen-bond acceptors (Lipinski definition) is 4. The van der Waals surface area contributed by atoms with Crippen LogP contribution in [0.1, 0.15) is 5.56 Å². The fourth-order valence-electron chi connectivity index (χ4n) is 1.73. The van der Waals surface area contributed by atoms with Gasteiger partial charge in [-0.2, -0.15) is 0 Å². The van der Waals surface area contributed by atoms with Crippen LogP contribution in [0.5, 0.6) is 11.5 Å². The first-order chi connectivity index (χ1) is 9.29. The molecule has 0 fully saturated rings. The van der Waals surface area contributed by atoms with Gasteiger partial charge in [0, 0.05) is 17.3 Å². The van der Waals surface area contributed by atoms with Crippen LogP contribution < -0.4 is 15.6 Å². The van der Waals surface area contributed by atoms with Crippen molar-refractivity contribution in [1.82, 2.24) is 0 Å². The number of ether oxygens (including phenoxy) is 1. The lowest BCUT2D eigenvalue weighted by Crippen LogP contribution is -2.14. The molecule has 4 N–H and O–H groups in total. The molecule has 2 rings (SSSR count). The largest absolute Gasteiger partial charge is 0.456 e. The van der Waals surface area contributed by atoms with E-state index in [9.17, 15) is 8.42 Å². The lowest BCUT2D eigenvalue weighted by Gasteiger charge is -2.13. The van der Waals surface area contributed by atoms with Crippen LogP contribution in [-0.2, 0) is 10.0 Å². The predicted octanol–water partition coefficient (Wildman–Crippen LogP) is 2.62. The summed E-state index contributed by atoms with van der Waals surface area (Å²) < 4.78 is 29.7. The molecule has 5 nitrogen and oxygen atoms in total. The minimum Gasteiger partial charge on any atom is -0.456 e. The molecule has 0 aliphatic heterocycles. The molecule has 0 unspecified atom stereocenters. The summed E-state index contributed by atoms with van der Waals surface area (Å²) in [5, 5.41) is 5.18. The quantitative estimate of drug-likeness (QED) is 0.608. The molecule has 0 saturated heterocycles. The monoisotopic (exact) mass is 404 g/mol. The van der Waals surface area contributed by atoms with E-state index in [1.165, 1.54) is 6.07 Å². The molecule has 0 radical (unpaired) electrons. The normalized spacial score (nSPS) is 11.3. The molecule has 7 heteroatoms. The van der Waals surface area contributed by atoms with E-state index in [0.717, 1.165) is 3.57 Å². The van der Waals surface area contributed by atoms with Gasteiger partial charge in [0.05, 0.1) is 8.47 Å². The van der Waals surface area contributed by atoms with Gasteiger partial charge < -0.3 is 10.5 Å². The minimum atomic E-state index is -3.84. The van der Waals surface area contributed by atoms with Gasteiger partial charge in [-0.3, -0.25) is 0 Å². The number of nitrogen functional groups attached to an aromatic ring is 1. The number of halogens is 1. The molecular formula is C13H13IN2O3S. The van der Waals surface area contributed by atoms with Gasteiger partial charge in [0.2, 0.25) is 10.0 Å². The number of hydrogen-bond donors (Lipinski definition) is 2. The Kier molecular flexibility index (Phi) is 4.21. The standard InChI is InChI=1S/C13H13IN2O3S/c1-8-12(19-11-5-3-2-4-10(11)14)6-9(15)7-13(8)20(16,17)18/h2-7H,15H2,1H3,(H2,16,17,18). The highest BCUT2D eigenvalue weighted by atomic mass is 127. The van der Waals surface area contributed by atoms with E-state index in [0.29, 0.717) is 17.1 Å². The Balaban J connectivity index is 2.54. The number of nitrogens with two attached hydrogens (primary N) is 2. The number of para-hydroxylation sites is 1. The SMILES string of the molecule is Cc1c(Oc2ccccc2I)cc(N)cc1S(N)(=O)=O. The van der Waals surface area contributed by atoms with Crippen LogP contribution in [0.2, 0.25) is 0 Å². The summed E-state index contributed by atoms with van der Waals surface area (Å²) in [4.78, 5) is -0.0292. The van der Waals surface area contributed by atoms with Crippen molar-refractivity contribution in [2.45, 2.75) is 11.8 Å². The Hall–Kier alpha value is -1.32. The van der Waals surface area contributed by atoms with Crippen LogP contribution in [-0.4, -0.2) is 8.42 Å². The fraction of sp³-hybridized carbons (Fsp3) is 0.0769. The molecule has 0 aliphatic carbocycles. The highest BCUT2D eigenvalue weighted by Gasteiger charge is 2.17. The van der Waals surface area contributed by atoms with E-state index < -0.39 is 10.0 Å². The Bertz CT molecular complexity index is 760. The maximum absolute atomic E-state index is 11.5. The van der Waals surface area contributed by atoms with Crippen LogP contribution in [0.3, 0.4) is 0 Å². The van der Waals surface area contributed by atoms with Crippen molar-refractivity contribution >= 4 is 38.3 Å². The first kappa shape index (κ1) is 15.1. The molecule has 0 heterocycles. The van der Waals surface area contributed by atoms with Crippen LogP contribution in [0.4, 0.5) is 5.69 Å². The average Bonchev–Trinajstić information content (AvgIpc) is 2.34. The third-order valence-electron chi connectivity index (χ3n) is 2.70. The topological polar surface area (TPSA) is 95.4 Å². The third kappa shape index (κ3) is 3.22. The number of benzene rings is 2. The van der Waals surface area contributed by atoms with E-state index in [-0.39, 0.29) is 10.6 Å². The van der Waals surface area contributed by atoms with Crippen molar-refractivity contribution < 1.29 is 13.2 Å². The molecule has 0 bridgehead atoms. The van der Waals surface area contributed by atoms with E-state index >= 15 is 0 Å². The molecule has 0 amide bonds. The van der Waals surface area contributed by atoms with Gasteiger partial charge in [0.1, 0.15) is 11.5 Å². The van der Waals surface area contributed by atoms with Gasteiger partial charge in [0.25, 0.3) is 0 Å². The number of anilines is 1. The lowest BCUT2D eigenvalue weighted by atomic mass is 10.2. The van der Waals surface area contributed by atoms with Gasteiger partial charge in [-0.1, -0.05) is 12.1 Å². The highest BCUT2D eigenvalue weighted by Crippen LogP contribution is 2.33. The van der Waals surface area contributed by atoms with E-state index in [1.807, 2.05) is 18.2 Å². The van der Waals surface area contributed by atoms with E-state index in [2.05, 4.69) is 22.6 Å². The third-order valence-corrected chi connectivity index (χ3v) is 4.63. The van der Waals surface area contributed by atoms with Gasteiger partial charge in [-0.25, -0.2) is 13.6 Å². The Morgan fingerprint density at radius 2 is 1.80 bits per heavy atom. The molecule has 20 heavy (non-hydrogen) atoms. The molecule has 0 spiro atoms. The van der Waals surface area contributed by atoms with Crippen molar-refractivity contribution in [2.75, 3.05) is 5.73 Å². The van der Waals surface area contributed by atoms with Crippen molar-refractivity contribution in [3.8, 4) is 11.5 Å². The summed E-state index contributed by atoms with van der Waals surface area (Å²) in [5.41, 5.74) is 6.42. The fourth-order valence-corrected chi connectivity index (χ4v) is 3.06. The second-order valence-electron chi connectivity index (χ2n) is 4.22. The number of rotatable bonds is 3. The molecule has 0 atom stereocenters. The molecule has 0 aliphatic rings. The Labute approximate surface area is 131 Å². The summed E-state index contributed by atoms with van der Waals surface area (Å²) in [6.45, 7) is 1.63. The summed E-state index contributed by atoms with van der Waals surface area (Å²) in [6, 6.07) is 10.3. The summed E-state index contributed by atoms with van der Waals surface area (Å²) in [7, 11) is -3.84. The van der Waals surface area contributed by atoms with Gasteiger partial charge in [-0.05, 0) is 47.7 Å². The lowest BCUT2D eigenvalue weighted by molar-refractivity contribution is 0.473. The molecule has 106 valence electrons.